The van der Waals surface area contributed by atoms with Gasteiger partial charge in [-0.05, 0) is 48.5 Å². The third-order valence-electron chi connectivity index (χ3n) is 20.4. The van der Waals surface area contributed by atoms with Gasteiger partial charge in [0.05, 0.1) is 58.5 Å². The molecule has 10 aliphatic rings. The van der Waals surface area contributed by atoms with Crippen molar-refractivity contribution in [3.8, 4) is 79.5 Å². The zero-order chi connectivity index (χ0) is 57.9. The molecular weight excluding hydrogens is 1070 g/mol. The molecule has 22 rings (SSSR count). The summed E-state index contributed by atoms with van der Waals surface area (Å²) in [7, 11) is 0. The molecule has 10 aliphatic heterocycles. The quantitative estimate of drug-likeness (QED) is 0.149. The molecule has 0 spiro atoms. The van der Waals surface area contributed by atoms with Crippen molar-refractivity contribution in [2.75, 3.05) is 0 Å². The van der Waals surface area contributed by atoms with Crippen LogP contribution in [0.4, 0.5) is 0 Å². The van der Waals surface area contributed by atoms with Gasteiger partial charge >= 0.3 is 30.3 Å². The fourth-order valence-electron chi connectivity index (χ4n) is 16.1. The number of benzene rings is 4. The molecule has 4 unspecified atom stereocenters. The maximum absolute atomic E-state index is 2.42. The average molecular weight is 1140 g/mol. The van der Waals surface area contributed by atoms with E-state index in [9.17, 15) is 0 Å². The van der Waals surface area contributed by atoms with E-state index in [1.165, 1.54) is 124 Å². The largest absolute Gasteiger partial charge is 0.600 e. The highest BCUT2D eigenvalue weighted by Gasteiger charge is 2.62. The zero-order valence-electron chi connectivity index (χ0n) is 49.7. The molecule has 4 aromatic carbocycles. The Kier molecular flexibility index (Phi) is 10.9. The summed E-state index contributed by atoms with van der Waals surface area (Å²) in [5, 5.41) is 0. The van der Waals surface area contributed by atoms with Crippen LogP contribution in [0.25, 0.3) is 79.5 Å². The van der Waals surface area contributed by atoms with Crippen molar-refractivity contribution in [3.05, 3.63) is 277 Å². The van der Waals surface area contributed by atoms with Gasteiger partial charge in [0.2, 0.25) is 23.8 Å². The monoisotopic (exact) mass is 1140 g/mol. The normalized spacial score (nSPS) is 17.7. The zero-order valence-corrected chi connectivity index (χ0v) is 49.7. The van der Waals surface area contributed by atoms with E-state index >= 15 is 0 Å². The lowest BCUT2D eigenvalue weighted by Crippen LogP contribution is -2.58. The number of hydrogen-bond donors (Lipinski definition) is 0. The Labute approximate surface area is 506 Å². The fraction of sp³-hybridized carbons (Fsp3) is 0.200. The first-order chi connectivity index (χ1) is 42.7. The number of aromatic nitrogens is 12. The van der Waals surface area contributed by atoms with Gasteiger partial charge in [-0.25, -0.2) is 0 Å². The molecule has 0 amide bonds. The second kappa shape index (κ2) is 18.9. The summed E-state index contributed by atoms with van der Waals surface area (Å²) in [4.78, 5) is 0. The molecule has 0 saturated heterocycles. The van der Waals surface area contributed by atoms with E-state index in [4.69, 9.17) is 0 Å². The van der Waals surface area contributed by atoms with Crippen LogP contribution in [-0.4, -0.2) is 0 Å². The van der Waals surface area contributed by atoms with Gasteiger partial charge in [-0.1, -0.05) is 72.9 Å². The highest BCUT2D eigenvalue weighted by Crippen LogP contribution is 2.41. The molecule has 8 aromatic heterocycles. The maximum atomic E-state index is 2.42. The van der Waals surface area contributed by atoms with Crippen LogP contribution in [-0.2, 0) is 32.8 Å². The highest BCUT2D eigenvalue weighted by molar-refractivity contribution is 5.75. The first kappa shape index (κ1) is 50.2. The van der Waals surface area contributed by atoms with Crippen molar-refractivity contribution in [2.45, 2.75) is 97.8 Å². The van der Waals surface area contributed by atoms with E-state index < -0.39 is 0 Å². The second-order valence-corrected chi connectivity index (χ2v) is 24.9. The van der Waals surface area contributed by atoms with Crippen LogP contribution in [0.5, 0.6) is 0 Å². The third kappa shape index (κ3) is 7.30. The van der Waals surface area contributed by atoms with Crippen LogP contribution < -0.4 is 54.8 Å². The Morgan fingerprint density at radius 2 is 0.862 bits per heavy atom. The Bertz CT molecular complexity index is 4430. The van der Waals surface area contributed by atoms with E-state index in [0.29, 0.717) is 30.3 Å². The van der Waals surface area contributed by atoms with Gasteiger partial charge in [-0.2, -0.15) is 27.4 Å². The van der Waals surface area contributed by atoms with Gasteiger partial charge in [0.1, 0.15) is 5.56 Å². The summed E-state index contributed by atoms with van der Waals surface area (Å²) < 4.78 is 28.2. The van der Waals surface area contributed by atoms with Crippen LogP contribution in [0.3, 0.4) is 0 Å². The summed E-state index contributed by atoms with van der Waals surface area (Å²) in [5.41, 5.74) is 26.8. The van der Waals surface area contributed by atoms with E-state index in [1.54, 1.807) is 0 Å². The molecule has 0 bridgehead atoms. The molecule has 4 atom stereocenters. The van der Waals surface area contributed by atoms with Crippen LogP contribution in [0.15, 0.2) is 232 Å². The second-order valence-electron chi connectivity index (χ2n) is 24.9. The lowest BCUT2D eigenvalue weighted by molar-refractivity contribution is -0.984. The topological polar surface area (TPSA) is 46.6 Å². The lowest BCUT2D eigenvalue weighted by atomic mass is 9.96. The summed E-state index contributed by atoms with van der Waals surface area (Å²) >= 11 is 0. The van der Waals surface area contributed by atoms with Gasteiger partial charge in [0.15, 0.2) is 112 Å². The van der Waals surface area contributed by atoms with E-state index in [-0.39, 0.29) is 0 Å². The molecule has 12 aromatic rings. The Morgan fingerprint density at radius 3 is 1.70 bits per heavy atom. The van der Waals surface area contributed by atoms with Crippen LogP contribution in [0.2, 0.25) is 0 Å². The number of pyridine rings is 4. The van der Waals surface area contributed by atoms with Gasteiger partial charge in [0.25, 0.3) is 22.8 Å². The van der Waals surface area contributed by atoms with Gasteiger partial charge in [-0.15, -0.1) is 9.13 Å². The molecule has 0 N–H and O–H groups in total. The van der Waals surface area contributed by atoms with Crippen molar-refractivity contribution < 1.29 is 54.8 Å². The van der Waals surface area contributed by atoms with Crippen molar-refractivity contribution in [3.63, 3.8) is 0 Å². The Morgan fingerprint density at radius 1 is 0.287 bits per heavy atom. The summed E-state index contributed by atoms with van der Waals surface area (Å²) in [6.07, 6.45) is 26.7. The molecule has 12 heteroatoms. The number of nitrogens with zero attached hydrogens (tertiary/aromatic N) is 12. The molecule has 0 radical (unpaired) electrons. The van der Waals surface area contributed by atoms with Crippen molar-refractivity contribution in [1.82, 2.24) is 0 Å². The van der Waals surface area contributed by atoms with Crippen molar-refractivity contribution in [1.29, 1.82) is 0 Å². The minimum Gasteiger partial charge on any atom is -0.194 e. The van der Waals surface area contributed by atoms with E-state index in [2.05, 4.69) is 322 Å². The Hall–Kier alpha value is -10.2. The molecular formula is C75H68N12+12. The molecule has 0 fully saturated rings. The molecule has 87 heavy (non-hydrogen) atoms. The summed E-state index contributed by atoms with van der Waals surface area (Å²) in [6.45, 7) is 16.3. The minimum atomic E-state index is 0.384. The molecule has 18 heterocycles. The van der Waals surface area contributed by atoms with Crippen LogP contribution >= 0.6 is 0 Å². The number of rotatable bonds is 0. The van der Waals surface area contributed by atoms with Crippen molar-refractivity contribution in [2.24, 2.45) is 0 Å². The minimum absolute atomic E-state index is 0.384. The van der Waals surface area contributed by atoms with Crippen LogP contribution in [0, 0.1) is 0 Å². The molecule has 0 aliphatic carbocycles. The fourth-order valence-corrected chi connectivity index (χ4v) is 16.1. The van der Waals surface area contributed by atoms with Crippen LogP contribution in [0.1, 0.15) is 109 Å². The first-order valence-corrected chi connectivity index (χ1v) is 31.1. The average Bonchev–Trinajstić information content (AvgIpc) is 2.49. The molecule has 0 saturated carbocycles. The van der Waals surface area contributed by atoms with Crippen molar-refractivity contribution >= 4 is 0 Å². The third-order valence-corrected chi connectivity index (χ3v) is 20.4. The first-order valence-electron chi connectivity index (χ1n) is 31.1. The summed E-state index contributed by atoms with van der Waals surface area (Å²) in [5.74, 6) is 4.01. The van der Waals surface area contributed by atoms with Gasteiger partial charge < -0.3 is 0 Å². The Balaban J connectivity index is 0.0000000825. The number of fused-ring (bicyclic) bond motifs is 12. The standard InChI is InChI=1S/2C19H16N2.2C13H12N2.C11H12N4/c1-13-15-11-16-14(12-20-8-4-2-6-18(16)20)10-17(15)19-7-3-5-9-21(13)19;1-13-15-7-4-5-9-17(15)19-11-20-10-14-6-2-3-8-16(14)18(20)12-21(13)19;1-9-11-5-3-6-14-8-10-4-2-7-15(9)12(10)13(11)14;1-9-11-5-2-4-10-8-14-6-3-7-15(9)13(14)12(10)11;1-9-14-6-2-4-12-8-13-5-3-7-15(9)11(13)10(12)14/h2-11,13H,12H2,1H3;2-9,11-13H,10H2,1H3;3*2-7,9H,8H2,1H3/q4*+2;+4. The molecule has 416 valence electrons. The predicted octanol–water partition coefficient (Wildman–Crippen LogP) is 6.89. The highest BCUT2D eigenvalue weighted by atomic mass is 15.4. The summed E-state index contributed by atoms with van der Waals surface area (Å²) in [6, 6.07) is 58.8. The predicted molar refractivity (Wildman–Crippen MR) is 320 cm³/mol. The van der Waals surface area contributed by atoms with Gasteiger partial charge in [-0.3, -0.25) is 0 Å². The maximum Gasteiger partial charge on any atom is 0.600 e. The molecule has 12 nitrogen and oxygen atoms in total. The van der Waals surface area contributed by atoms with E-state index in [1.807, 2.05) is 0 Å². The smallest absolute Gasteiger partial charge is 0.194 e. The van der Waals surface area contributed by atoms with Gasteiger partial charge in [0, 0.05) is 97.5 Å². The SMILES string of the molecule is CC1[n+]2ccc[n+]3c2-c2[n+](ccc[n+]21)C3.CC1c2cc3c(cc2-c2cccc[n+]21)C[n+]1ccccc1-3.CC1c2ccc[n+]3c2-c2c(ccc[n+]21)C3.CC1c2cccc3c2-c2[n+](ccc[n+]21)C3.CC1c2ccccc2-c2c[n+]3c(c[n+]21)-c1ccccc1C3. The number of hydrogen-bond acceptors (Lipinski definition) is 0. The lowest BCUT2D eigenvalue weighted by Gasteiger charge is -2.02. The van der Waals surface area contributed by atoms with E-state index in [0.717, 1.165) is 32.8 Å².